The van der Waals surface area contributed by atoms with E-state index >= 15 is 0 Å². The van der Waals surface area contributed by atoms with Crippen molar-refractivity contribution in [1.29, 1.82) is 0 Å². The average molecular weight is 227 g/mol. The van der Waals surface area contributed by atoms with Crippen LogP contribution >= 0.6 is 0 Å². The smallest absolute Gasteiger partial charge is 0.302 e. The van der Waals surface area contributed by atoms with Gasteiger partial charge in [-0.2, -0.15) is 0 Å². The Morgan fingerprint density at radius 2 is 2.19 bits per heavy atom. The molecule has 4 nitrogen and oxygen atoms in total. The van der Waals surface area contributed by atoms with Crippen LogP contribution in [0.15, 0.2) is 0 Å². The minimum Gasteiger partial charge on any atom is -0.461 e. The maximum absolute atomic E-state index is 11.0. The monoisotopic (exact) mass is 227 g/mol. The van der Waals surface area contributed by atoms with Crippen LogP contribution in [0.1, 0.15) is 39.5 Å². The van der Waals surface area contributed by atoms with E-state index in [9.17, 15) is 9.90 Å². The Bertz CT molecular complexity index is 269. The molecule has 2 N–H and O–H groups in total. The number of ether oxygens (including phenoxy) is 1. The number of aliphatic hydroxyl groups is 1. The molecule has 0 spiro atoms. The zero-order chi connectivity index (χ0) is 11.7. The Balaban J connectivity index is 2.01. The number of hydrogen-bond acceptors (Lipinski definition) is 4. The first-order valence-electron chi connectivity index (χ1n) is 6.19. The Morgan fingerprint density at radius 1 is 1.44 bits per heavy atom. The van der Waals surface area contributed by atoms with Crippen LogP contribution in [0.5, 0.6) is 0 Å². The lowest BCUT2D eigenvalue weighted by atomic mass is 9.75. The zero-order valence-electron chi connectivity index (χ0n) is 9.98. The van der Waals surface area contributed by atoms with E-state index in [1.165, 1.54) is 6.92 Å². The maximum atomic E-state index is 11.0. The normalized spacial score (nSPS) is 43.6. The van der Waals surface area contributed by atoms with Crippen molar-refractivity contribution in [1.82, 2.24) is 5.32 Å². The molecule has 0 aromatic heterocycles. The van der Waals surface area contributed by atoms with E-state index in [-0.39, 0.29) is 30.1 Å². The van der Waals surface area contributed by atoms with Gasteiger partial charge in [-0.1, -0.05) is 0 Å². The highest BCUT2D eigenvalue weighted by molar-refractivity contribution is 5.66. The first kappa shape index (κ1) is 11.9. The van der Waals surface area contributed by atoms with Crippen molar-refractivity contribution in [2.24, 2.45) is 5.92 Å². The van der Waals surface area contributed by atoms with E-state index in [1.54, 1.807) is 0 Å². The molecule has 2 rings (SSSR count). The molecule has 5 atom stereocenters. The van der Waals surface area contributed by atoms with Crippen molar-refractivity contribution in [3.05, 3.63) is 0 Å². The molecule has 16 heavy (non-hydrogen) atoms. The molecule has 1 heterocycles. The average Bonchev–Trinajstić information content (AvgIpc) is 2.20. The van der Waals surface area contributed by atoms with Crippen molar-refractivity contribution < 1.29 is 14.6 Å². The minimum absolute atomic E-state index is 0.0912. The van der Waals surface area contributed by atoms with Gasteiger partial charge in [0.2, 0.25) is 0 Å². The van der Waals surface area contributed by atoms with E-state index < -0.39 is 0 Å². The maximum Gasteiger partial charge on any atom is 0.302 e. The predicted molar refractivity (Wildman–Crippen MR) is 59.9 cm³/mol. The number of esters is 1. The molecule has 0 amide bonds. The van der Waals surface area contributed by atoms with Gasteiger partial charge in [0, 0.05) is 24.9 Å². The summed E-state index contributed by atoms with van der Waals surface area (Å²) in [5, 5.41) is 13.4. The van der Waals surface area contributed by atoms with E-state index in [2.05, 4.69) is 5.32 Å². The lowest BCUT2D eigenvalue weighted by Crippen LogP contribution is -2.58. The van der Waals surface area contributed by atoms with Crippen LogP contribution in [0.25, 0.3) is 0 Å². The summed E-state index contributed by atoms with van der Waals surface area (Å²) in [4.78, 5) is 11.0. The number of piperidine rings is 1. The van der Waals surface area contributed by atoms with Gasteiger partial charge in [0.1, 0.15) is 6.10 Å². The summed E-state index contributed by atoms with van der Waals surface area (Å²) in [6.07, 6.45) is 3.55. The summed E-state index contributed by atoms with van der Waals surface area (Å²) in [5.41, 5.74) is 0. The first-order valence-corrected chi connectivity index (χ1v) is 6.19. The van der Waals surface area contributed by atoms with Gasteiger partial charge in [-0.15, -0.1) is 0 Å². The van der Waals surface area contributed by atoms with Crippen LogP contribution in [0, 0.1) is 5.92 Å². The quantitative estimate of drug-likeness (QED) is 0.651. The highest BCUT2D eigenvalue weighted by Gasteiger charge is 2.41. The topological polar surface area (TPSA) is 58.6 Å². The van der Waals surface area contributed by atoms with Gasteiger partial charge in [-0.25, -0.2) is 0 Å². The summed E-state index contributed by atoms with van der Waals surface area (Å²) in [7, 11) is 0. The molecule has 0 aromatic carbocycles. The Hall–Kier alpha value is -0.610. The Morgan fingerprint density at radius 3 is 2.88 bits per heavy atom. The van der Waals surface area contributed by atoms with Crippen LogP contribution in [0.2, 0.25) is 0 Å². The van der Waals surface area contributed by atoms with Gasteiger partial charge in [0.05, 0.1) is 6.10 Å². The van der Waals surface area contributed by atoms with Gasteiger partial charge < -0.3 is 15.2 Å². The SMILES string of the molecule is CC(=O)O[C@@H]1C[C@H]2C(O)CCC[C@H]2N[C@H]1C. The summed E-state index contributed by atoms with van der Waals surface area (Å²) >= 11 is 0. The molecule has 4 heteroatoms. The van der Waals surface area contributed by atoms with Gasteiger partial charge in [0.15, 0.2) is 0 Å². The van der Waals surface area contributed by atoms with E-state index in [0.29, 0.717) is 6.04 Å². The van der Waals surface area contributed by atoms with Gasteiger partial charge in [0.25, 0.3) is 0 Å². The van der Waals surface area contributed by atoms with Crippen LogP contribution in [-0.2, 0) is 9.53 Å². The number of fused-ring (bicyclic) bond motifs is 1. The predicted octanol–water partition coefficient (Wildman–Crippen LogP) is 0.829. The number of hydrogen-bond donors (Lipinski definition) is 2. The molecule has 1 aliphatic heterocycles. The van der Waals surface area contributed by atoms with Crippen molar-refractivity contribution in [3.63, 3.8) is 0 Å². The molecule has 0 aromatic rings. The number of aliphatic hydroxyl groups excluding tert-OH is 1. The Kier molecular flexibility index (Phi) is 3.50. The molecule has 92 valence electrons. The summed E-state index contributed by atoms with van der Waals surface area (Å²) in [6, 6.07) is 0.584. The van der Waals surface area contributed by atoms with Crippen molar-refractivity contribution in [2.45, 2.75) is 63.8 Å². The molecule has 0 bridgehead atoms. The molecule has 2 aliphatic rings. The molecular weight excluding hydrogens is 206 g/mol. The van der Waals surface area contributed by atoms with Crippen LogP contribution in [0.3, 0.4) is 0 Å². The number of nitrogens with one attached hydrogen (secondary N) is 1. The van der Waals surface area contributed by atoms with Gasteiger partial charge in [-0.05, 0) is 32.6 Å². The van der Waals surface area contributed by atoms with Crippen LogP contribution in [-0.4, -0.2) is 35.4 Å². The molecule has 2 fully saturated rings. The fourth-order valence-corrected chi connectivity index (χ4v) is 3.05. The fraction of sp³-hybridized carbons (Fsp3) is 0.917. The molecule has 1 unspecified atom stereocenters. The molecule has 1 aliphatic carbocycles. The van der Waals surface area contributed by atoms with Crippen molar-refractivity contribution in [2.75, 3.05) is 0 Å². The van der Waals surface area contributed by atoms with Crippen molar-refractivity contribution >= 4 is 5.97 Å². The zero-order valence-corrected chi connectivity index (χ0v) is 9.98. The fourth-order valence-electron chi connectivity index (χ4n) is 3.05. The first-order chi connectivity index (χ1) is 7.58. The lowest BCUT2D eigenvalue weighted by Gasteiger charge is -2.45. The molecule has 0 radical (unpaired) electrons. The van der Waals surface area contributed by atoms with E-state index in [4.69, 9.17) is 4.74 Å². The third kappa shape index (κ3) is 2.38. The number of rotatable bonds is 1. The van der Waals surface area contributed by atoms with Crippen LogP contribution in [0.4, 0.5) is 0 Å². The largest absolute Gasteiger partial charge is 0.461 e. The molecule has 1 saturated carbocycles. The lowest BCUT2D eigenvalue weighted by molar-refractivity contribution is -0.152. The van der Waals surface area contributed by atoms with Crippen LogP contribution < -0.4 is 5.32 Å². The second-order valence-electron chi connectivity index (χ2n) is 5.11. The standard InChI is InChI=1S/C12H21NO3/c1-7-12(16-8(2)14)6-9-10(13-7)4-3-5-11(9)15/h7,9-13,15H,3-6H2,1-2H3/t7-,9+,10+,11?,12+/m0/s1. The second kappa shape index (κ2) is 4.72. The summed E-state index contributed by atoms with van der Waals surface area (Å²) < 4.78 is 5.29. The molecular formula is C12H21NO3. The van der Waals surface area contributed by atoms with Gasteiger partial charge >= 0.3 is 5.97 Å². The third-order valence-electron chi connectivity index (χ3n) is 3.88. The van der Waals surface area contributed by atoms with E-state index in [0.717, 1.165) is 25.7 Å². The van der Waals surface area contributed by atoms with Crippen molar-refractivity contribution in [3.8, 4) is 0 Å². The molecule has 1 saturated heterocycles. The Labute approximate surface area is 96.4 Å². The second-order valence-corrected chi connectivity index (χ2v) is 5.11. The van der Waals surface area contributed by atoms with E-state index in [1.807, 2.05) is 6.92 Å². The highest BCUT2D eigenvalue weighted by atomic mass is 16.5. The third-order valence-corrected chi connectivity index (χ3v) is 3.88. The minimum atomic E-state index is -0.239. The number of carbonyl (C=O) groups excluding carboxylic acids is 1. The summed E-state index contributed by atoms with van der Waals surface area (Å²) in [6.45, 7) is 3.49. The van der Waals surface area contributed by atoms with Gasteiger partial charge in [-0.3, -0.25) is 4.79 Å². The highest BCUT2D eigenvalue weighted by Crippen LogP contribution is 2.33. The number of carbonyl (C=O) groups is 1. The summed E-state index contributed by atoms with van der Waals surface area (Å²) in [5.74, 6) is 0.0108.